The molecule has 1 aromatic heterocycles. The average molecular weight is 372 g/mol. The number of benzene rings is 1. The fourth-order valence-corrected chi connectivity index (χ4v) is 3.35. The predicted octanol–water partition coefficient (Wildman–Crippen LogP) is 1.12. The van der Waals surface area contributed by atoms with E-state index in [0.29, 0.717) is 6.42 Å². The number of carbonyl (C=O) groups excluding carboxylic acids is 1. The third-order valence-electron chi connectivity index (χ3n) is 3.42. The summed E-state index contributed by atoms with van der Waals surface area (Å²) < 4.78 is 36.4. The Morgan fingerprint density at radius 1 is 1.38 bits per heavy atom. The Balaban J connectivity index is 2.06. The first kappa shape index (κ1) is 18.5. The van der Waals surface area contributed by atoms with Gasteiger partial charge in [-0.25, -0.2) is 17.9 Å². The summed E-state index contributed by atoms with van der Waals surface area (Å²) in [5.41, 5.74) is 0.629. The Kier molecular flexibility index (Phi) is 6.05. The van der Waals surface area contributed by atoms with Crippen molar-refractivity contribution in [2.75, 3.05) is 13.2 Å². The highest BCUT2D eigenvalue weighted by atomic mass is 32.2. The van der Waals surface area contributed by atoms with Crippen LogP contribution in [0.5, 0.6) is 0 Å². The minimum Gasteiger partial charge on any atom is -0.396 e. The molecule has 0 saturated carbocycles. The maximum absolute atomic E-state index is 13.8. The molecule has 0 spiro atoms. The standard InChI is InChI=1S/C15H17FN2O4S2/c16-14-2-1-12(24(17,21)22)6-13(14)15(20)18-7-11(8-19)5-10-3-4-23-9-10/h1-4,6,9,11,19H,5,7-8H2,(H,18,20)(H2,17,21,22). The maximum atomic E-state index is 13.8. The largest absolute Gasteiger partial charge is 0.396 e. The molecule has 0 saturated heterocycles. The van der Waals surface area contributed by atoms with E-state index in [2.05, 4.69) is 5.32 Å². The van der Waals surface area contributed by atoms with Gasteiger partial charge in [0.1, 0.15) is 5.82 Å². The lowest BCUT2D eigenvalue weighted by molar-refractivity contribution is 0.0935. The van der Waals surface area contributed by atoms with E-state index in [0.717, 1.165) is 23.8 Å². The summed E-state index contributed by atoms with van der Waals surface area (Å²) in [5.74, 6) is -1.84. The SMILES string of the molecule is NS(=O)(=O)c1ccc(F)c(C(=O)NCC(CO)Cc2ccsc2)c1. The molecule has 4 N–H and O–H groups in total. The average Bonchev–Trinajstić information content (AvgIpc) is 3.03. The number of nitrogens with two attached hydrogens (primary N) is 1. The minimum atomic E-state index is -4.03. The van der Waals surface area contributed by atoms with Gasteiger partial charge in [-0.15, -0.1) is 0 Å². The highest BCUT2D eigenvalue weighted by Gasteiger charge is 2.18. The summed E-state index contributed by atoms with van der Waals surface area (Å²) in [7, 11) is -4.03. The van der Waals surface area contributed by atoms with Crippen molar-refractivity contribution < 1.29 is 22.7 Å². The molecule has 0 aliphatic carbocycles. The summed E-state index contributed by atoms with van der Waals surface area (Å²) in [6, 6.07) is 4.69. The Labute approximate surface area is 143 Å². The van der Waals surface area contributed by atoms with Crippen LogP contribution in [0.3, 0.4) is 0 Å². The maximum Gasteiger partial charge on any atom is 0.254 e. The molecule has 1 heterocycles. The van der Waals surface area contributed by atoms with Crippen molar-refractivity contribution in [1.29, 1.82) is 0 Å². The molecule has 6 nitrogen and oxygen atoms in total. The van der Waals surface area contributed by atoms with Crippen LogP contribution in [-0.4, -0.2) is 32.6 Å². The van der Waals surface area contributed by atoms with Crippen LogP contribution in [0.4, 0.5) is 4.39 Å². The number of rotatable bonds is 7. The van der Waals surface area contributed by atoms with Gasteiger partial charge in [-0.2, -0.15) is 11.3 Å². The van der Waals surface area contributed by atoms with E-state index in [1.165, 1.54) is 11.3 Å². The number of hydrogen-bond donors (Lipinski definition) is 3. The molecule has 2 aromatic rings. The van der Waals surface area contributed by atoms with Gasteiger partial charge in [-0.3, -0.25) is 4.79 Å². The molecule has 9 heteroatoms. The van der Waals surface area contributed by atoms with Crippen LogP contribution in [0.1, 0.15) is 15.9 Å². The Morgan fingerprint density at radius 2 is 2.12 bits per heavy atom. The third kappa shape index (κ3) is 4.84. The van der Waals surface area contributed by atoms with Crippen LogP contribution in [0, 0.1) is 11.7 Å². The molecule has 1 amide bonds. The number of halogens is 1. The Bertz CT molecular complexity index is 807. The van der Waals surface area contributed by atoms with Crippen molar-refractivity contribution in [2.45, 2.75) is 11.3 Å². The van der Waals surface area contributed by atoms with Gasteiger partial charge < -0.3 is 10.4 Å². The lowest BCUT2D eigenvalue weighted by Crippen LogP contribution is -2.32. The normalized spacial score (nSPS) is 12.8. The van der Waals surface area contributed by atoms with E-state index in [1.807, 2.05) is 16.8 Å². The first-order valence-corrected chi connectivity index (χ1v) is 9.52. The number of nitrogens with one attached hydrogen (secondary N) is 1. The van der Waals surface area contributed by atoms with E-state index in [4.69, 9.17) is 5.14 Å². The Hall–Kier alpha value is -1.81. The quantitative estimate of drug-likeness (QED) is 0.676. The number of amides is 1. The summed E-state index contributed by atoms with van der Waals surface area (Å²) >= 11 is 1.53. The summed E-state index contributed by atoms with van der Waals surface area (Å²) in [5, 5.41) is 20.7. The van der Waals surface area contributed by atoms with Gasteiger partial charge in [0.25, 0.3) is 5.91 Å². The summed E-state index contributed by atoms with van der Waals surface area (Å²) in [6.45, 7) is -0.0138. The zero-order chi connectivity index (χ0) is 17.7. The van der Waals surface area contributed by atoms with Crippen molar-refractivity contribution >= 4 is 27.3 Å². The summed E-state index contributed by atoms with van der Waals surface area (Å²) in [6.07, 6.45) is 0.569. The molecular formula is C15H17FN2O4S2. The fourth-order valence-electron chi connectivity index (χ4n) is 2.13. The van der Waals surface area contributed by atoms with Gasteiger partial charge >= 0.3 is 0 Å². The number of aliphatic hydroxyl groups excluding tert-OH is 1. The smallest absolute Gasteiger partial charge is 0.254 e. The predicted molar refractivity (Wildman–Crippen MR) is 88.7 cm³/mol. The highest BCUT2D eigenvalue weighted by Crippen LogP contribution is 2.15. The molecular weight excluding hydrogens is 355 g/mol. The van der Waals surface area contributed by atoms with Gasteiger partial charge in [0.15, 0.2) is 0 Å². The minimum absolute atomic E-state index is 0.129. The first-order valence-electron chi connectivity index (χ1n) is 7.03. The molecule has 0 fully saturated rings. The molecule has 0 radical (unpaired) electrons. The van der Waals surface area contributed by atoms with E-state index in [9.17, 15) is 22.7 Å². The van der Waals surface area contributed by atoms with Crippen molar-refractivity contribution in [3.63, 3.8) is 0 Å². The van der Waals surface area contributed by atoms with Gasteiger partial charge in [0, 0.05) is 19.1 Å². The number of aliphatic hydroxyl groups is 1. The molecule has 0 aliphatic heterocycles. The first-order chi connectivity index (χ1) is 11.3. The molecule has 130 valence electrons. The molecule has 2 rings (SSSR count). The molecule has 1 aromatic carbocycles. The number of sulfonamides is 1. The number of primary sulfonamides is 1. The van der Waals surface area contributed by atoms with E-state index >= 15 is 0 Å². The van der Waals surface area contributed by atoms with Crippen LogP contribution >= 0.6 is 11.3 Å². The number of carbonyl (C=O) groups is 1. The molecule has 0 bridgehead atoms. The molecule has 0 aliphatic rings. The van der Waals surface area contributed by atoms with Crippen molar-refractivity contribution in [1.82, 2.24) is 5.32 Å². The van der Waals surface area contributed by atoms with Gasteiger partial charge in [0.05, 0.1) is 10.5 Å². The van der Waals surface area contributed by atoms with Crippen LogP contribution < -0.4 is 10.5 Å². The second-order valence-electron chi connectivity index (χ2n) is 5.28. The van der Waals surface area contributed by atoms with E-state index in [-0.39, 0.29) is 24.0 Å². The zero-order valence-corrected chi connectivity index (χ0v) is 14.2. The lowest BCUT2D eigenvalue weighted by atomic mass is 10.0. The zero-order valence-electron chi connectivity index (χ0n) is 12.6. The van der Waals surface area contributed by atoms with Crippen LogP contribution in [0.25, 0.3) is 0 Å². The highest BCUT2D eigenvalue weighted by molar-refractivity contribution is 7.89. The van der Waals surface area contributed by atoms with E-state index in [1.54, 1.807) is 0 Å². The van der Waals surface area contributed by atoms with Crippen LogP contribution in [-0.2, 0) is 16.4 Å². The van der Waals surface area contributed by atoms with Crippen molar-refractivity contribution in [3.05, 3.63) is 52.0 Å². The van der Waals surface area contributed by atoms with E-state index < -0.39 is 27.3 Å². The lowest BCUT2D eigenvalue weighted by Gasteiger charge is -2.15. The number of thiophene rings is 1. The second kappa shape index (κ2) is 7.84. The van der Waals surface area contributed by atoms with Crippen molar-refractivity contribution in [2.24, 2.45) is 11.1 Å². The van der Waals surface area contributed by atoms with Crippen LogP contribution in [0.15, 0.2) is 39.9 Å². The van der Waals surface area contributed by atoms with Crippen molar-refractivity contribution in [3.8, 4) is 0 Å². The second-order valence-corrected chi connectivity index (χ2v) is 7.62. The van der Waals surface area contributed by atoms with Gasteiger partial charge in [0.2, 0.25) is 10.0 Å². The monoisotopic (exact) mass is 372 g/mol. The fraction of sp³-hybridized carbons (Fsp3) is 0.267. The molecule has 1 atom stereocenters. The van der Waals surface area contributed by atoms with Gasteiger partial charge in [-0.05, 0) is 47.0 Å². The third-order valence-corrected chi connectivity index (χ3v) is 5.07. The Morgan fingerprint density at radius 3 is 2.71 bits per heavy atom. The summed E-state index contributed by atoms with van der Waals surface area (Å²) in [4.78, 5) is 11.8. The molecule has 1 unspecified atom stereocenters. The topological polar surface area (TPSA) is 109 Å². The van der Waals surface area contributed by atoms with Gasteiger partial charge in [-0.1, -0.05) is 0 Å². The van der Waals surface area contributed by atoms with Crippen LogP contribution in [0.2, 0.25) is 0 Å². The molecule has 24 heavy (non-hydrogen) atoms. The number of hydrogen-bond acceptors (Lipinski definition) is 5.